The van der Waals surface area contributed by atoms with Crippen LogP contribution in [0.5, 0.6) is 6.01 Å². The minimum absolute atomic E-state index is 0.113. The van der Waals surface area contributed by atoms with Gasteiger partial charge in [0.15, 0.2) is 0 Å². The number of nitrogens with zero attached hydrogens (tertiary/aromatic N) is 2. The number of carbonyl (C=O) groups is 1. The van der Waals surface area contributed by atoms with E-state index in [1.54, 1.807) is 0 Å². The minimum atomic E-state index is -0.113. The van der Waals surface area contributed by atoms with Crippen molar-refractivity contribution in [1.82, 2.24) is 15.0 Å². The van der Waals surface area contributed by atoms with Crippen molar-refractivity contribution in [3.05, 3.63) is 48.4 Å². The van der Waals surface area contributed by atoms with Crippen molar-refractivity contribution in [2.24, 2.45) is 0 Å². The quantitative estimate of drug-likeness (QED) is 0.758. The van der Waals surface area contributed by atoms with Crippen LogP contribution in [0.3, 0.4) is 0 Å². The molecule has 3 rings (SSSR count). The number of H-pyrrole nitrogens is 1. The second-order valence-corrected chi connectivity index (χ2v) is 4.77. The van der Waals surface area contributed by atoms with Crippen molar-refractivity contribution in [1.29, 1.82) is 0 Å². The first-order valence-electron chi connectivity index (χ1n) is 7.06. The number of carbonyl (C=O) groups excluding carboxylic acids is 1. The molecule has 0 unspecified atom stereocenters. The Labute approximate surface area is 127 Å². The van der Waals surface area contributed by atoms with Crippen molar-refractivity contribution in [2.75, 3.05) is 11.9 Å². The summed E-state index contributed by atoms with van der Waals surface area (Å²) in [5.74, 6) is -0.113. The Hall–Kier alpha value is -2.89. The SMILES string of the molecule is CCOc1ncc(NC(=O)Cc2c[nH]c3ccccc23)cn1. The molecule has 1 amide bonds. The molecule has 2 N–H and O–H groups in total. The Balaban J connectivity index is 1.67. The van der Waals surface area contributed by atoms with Crippen molar-refractivity contribution in [3.8, 4) is 6.01 Å². The van der Waals surface area contributed by atoms with Crippen LogP contribution in [0.2, 0.25) is 0 Å². The number of aromatic nitrogens is 3. The van der Waals surface area contributed by atoms with Crippen LogP contribution >= 0.6 is 0 Å². The van der Waals surface area contributed by atoms with Gasteiger partial charge < -0.3 is 15.0 Å². The third kappa shape index (κ3) is 3.06. The summed E-state index contributed by atoms with van der Waals surface area (Å²) in [6.07, 6.45) is 5.21. The molecular weight excluding hydrogens is 280 g/mol. The molecule has 0 saturated heterocycles. The molecule has 6 nitrogen and oxygen atoms in total. The molecule has 2 aromatic heterocycles. The third-order valence-electron chi connectivity index (χ3n) is 3.21. The van der Waals surface area contributed by atoms with Crippen LogP contribution in [-0.2, 0) is 11.2 Å². The van der Waals surface area contributed by atoms with Gasteiger partial charge in [-0.2, -0.15) is 0 Å². The van der Waals surface area contributed by atoms with Gasteiger partial charge in [0.05, 0.1) is 31.1 Å². The van der Waals surface area contributed by atoms with Gasteiger partial charge in [0.1, 0.15) is 0 Å². The number of amides is 1. The number of hydrogen-bond acceptors (Lipinski definition) is 4. The molecule has 0 saturated carbocycles. The van der Waals surface area contributed by atoms with Crippen LogP contribution in [-0.4, -0.2) is 27.5 Å². The van der Waals surface area contributed by atoms with Gasteiger partial charge >= 0.3 is 6.01 Å². The predicted octanol–water partition coefficient (Wildman–Crippen LogP) is 2.54. The monoisotopic (exact) mass is 296 g/mol. The lowest BCUT2D eigenvalue weighted by molar-refractivity contribution is -0.115. The summed E-state index contributed by atoms with van der Waals surface area (Å²) >= 11 is 0. The summed E-state index contributed by atoms with van der Waals surface area (Å²) in [5.41, 5.74) is 2.53. The Morgan fingerprint density at radius 3 is 2.82 bits per heavy atom. The highest BCUT2D eigenvalue weighted by atomic mass is 16.5. The van der Waals surface area contributed by atoms with Gasteiger partial charge in [-0.3, -0.25) is 4.79 Å². The van der Waals surface area contributed by atoms with E-state index in [2.05, 4.69) is 20.3 Å². The highest BCUT2D eigenvalue weighted by Crippen LogP contribution is 2.18. The number of aromatic amines is 1. The topological polar surface area (TPSA) is 79.9 Å². The van der Waals surface area contributed by atoms with Gasteiger partial charge in [0.25, 0.3) is 0 Å². The van der Waals surface area contributed by atoms with E-state index in [4.69, 9.17) is 4.74 Å². The van der Waals surface area contributed by atoms with E-state index >= 15 is 0 Å². The van der Waals surface area contributed by atoms with E-state index in [1.807, 2.05) is 37.4 Å². The molecule has 1 aromatic carbocycles. The Morgan fingerprint density at radius 1 is 1.27 bits per heavy atom. The summed E-state index contributed by atoms with van der Waals surface area (Å²) in [5, 5.41) is 3.84. The van der Waals surface area contributed by atoms with Gasteiger partial charge in [-0.05, 0) is 18.6 Å². The molecule has 22 heavy (non-hydrogen) atoms. The zero-order valence-electron chi connectivity index (χ0n) is 12.2. The normalized spacial score (nSPS) is 10.6. The van der Waals surface area contributed by atoms with Crippen molar-refractivity contribution < 1.29 is 9.53 Å². The second kappa shape index (κ2) is 6.26. The highest BCUT2D eigenvalue weighted by molar-refractivity contribution is 5.95. The van der Waals surface area contributed by atoms with Crippen molar-refractivity contribution in [3.63, 3.8) is 0 Å². The van der Waals surface area contributed by atoms with E-state index < -0.39 is 0 Å². The summed E-state index contributed by atoms with van der Waals surface area (Å²) in [7, 11) is 0. The van der Waals surface area contributed by atoms with E-state index in [9.17, 15) is 4.79 Å². The number of fused-ring (bicyclic) bond motifs is 1. The van der Waals surface area contributed by atoms with Gasteiger partial charge in [0, 0.05) is 17.1 Å². The number of rotatable bonds is 5. The molecule has 0 atom stereocenters. The Kier molecular flexibility index (Phi) is 4.00. The highest BCUT2D eigenvalue weighted by Gasteiger charge is 2.09. The lowest BCUT2D eigenvalue weighted by Gasteiger charge is -2.05. The molecule has 0 radical (unpaired) electrons. The maximum atomic E-state index is 12.1. The van der Waals surface area contributed by atoms with Crippen molar-refractivity contribution >= 4 is 22.5 Å². The van der Waals surface area contributed by atoms with Gasteiger partial charge in [0.2, 0.25) is 5.91 Å². The van der Waals surface area contributed by atoms with E-state index in [0.29, 0.717) is 18.3 Å². The Bertz CT molecular complexity index is 780. The molecular formula is C16H16N4O2. The van der Waals surface area contributed by atoms with Crippen LogP contribution in [0.1, 0.15) is 12.5 Å². The van der Waals surface area contributed by atoms with Crippen LogP contribution in [0.25, 0.3) is 10.9 Å². The number of nitrogens with one attached hydrogen (secondary N) is 2. The second-order valence-electron chi connectivity index (χ2n) is 4.77. The first-order chi connectivity index (χ1) is 10.8. The zero-order chi connectivity index (χ0) is 15.4. The average Bonchev–Trinajstić information content (AvgIpc) is 2.93. The van der Waals surface area contributed by atoms with Crippen molar-refractivity contribution in [2.45, 2.75) is 13.3 Å². The maximum Gasteiger partial charge on any atom is 0.316 e. The molecule has 6 heteroatoms. The molecule has 0 aliphatic heterocycles. The molecule has 0 fully saturated rings. The number of ether oxygens (including phenoxy) is 1. The molecule has 0 bridgehead atoms. The van der Waals surface area contributed by atoms with E-state index in [1.165, 1.54) is 12.4 Å². The fraction of sp³-hybridized carbons (Fsp3) is 0.188. The fourth-order valence-electron chi connectivity index (χ4n) is 2.24. The largest absolute Gasteiger partial charge is 0.464 e. The summed E-state index contributed by atoms with van der Waals surface area (Å²) in [4.78, 5) is 23.3. The smallest absolute Gasteiger partial charge is 0.316 e. The number of hydrogen-bond donors (Lipinski definition) is 2. The van der Waals surface area contributed by atoms with Crippen LogP contribution in [0.4, 0.5) is 5.69 Å². The lowest BCUT2D eigenvalue weighted by atomic mass is 10.1. The first-order valence-corrected chi connectivity index (χ1v) is 7.06. The molecule has 112 valence electrons. The average molecular weight is 296 g/mol. The van der Waals surface area contributed by atoms with E-state index in [0.717, 1.165) is 16.5 Å². The third-order valence-corrected chi connectivity index (χ3v) is 3.21. The number of para-hydroxylation sites is 1. The minimum Gasteiger partial charge on any atom is -0.464 e. The number of benzene rings is 1. The van der Waals surface area contributed by atoms with Gasteiger partial charge in [-0.25, -0.2) is 9.97 Å². The summed E-state index contributed by atoms with van der Waals surface area (Å²) < 4.78 is 5.16. The summed E-state index contributed by atoms with van der Waals surface area (Å²) in [6.45, 7) is 2.37. The standard InChI is InChI=1S/C16H16N4O2/c1-2-22-16-18-9-12(10-19-16)20-15(21)7-11-8-17-14-6-4-3-5-13(11)14/h3-6,8-10,17H,2,7H2,1H3,(H,20,21). The first kappa shape index (κ1) is 14.1. The fourth-order valence-corrected chi connectivity index (χ4v) is 2.24. The molecule has 0 aliphatic carbocycles. The lowest BCUT2D eigenvalue weighted by Crippen LogP contribution is -2.14. The number of anilines is 1. The predicted molar refractivity (Wildman–Crippen MR) is 83.8 cm³/mol. The maximum absolute atomic E-state index is 12.1. The molecule has 0 aliphatic rings. The van der Waals surface area contributed by atoms with Crippen LogP contribution < -0.4 is 10.1 Å². The Morgan fingerprint density at radius 2 is 2.05 bits per heavy atom. The molecule has 0 spiro atoms. The molecule has 2 heterocycles. The van der Waals surface area contributed by atoms with Gasteiger partial charge in [-0.1, -0.05) is 18.2 Å². The zero-order valence-corrected chi connectivity index (χ0v) is 12.2. The van der Waals surface area contributed by atoms with Gasteiger partial charge in [-0.15, -0.1) is 0 Å². The van der Waals surface area contributed by atoms with Crippen LogP contribution in [0.15, 0.2) is 42.9 Å². The van der Waals surface area contributed by atoms with E-state index in [-0.39, 0.29) is 12.3 Å². The summed E-state index contributed by atoms with van der Waals surface area (Å²) in [6, 6.07) is 8.20. The van der Waals surface area contributed by atoms with Crippen LogP contribution in [0, 0.1) is 0 Å². The molecule has 3 aromatic rings.